The van der Waals surface area contributed by atoms with Crippen molar-refractivity contribution in [2.75, 3.05) is 14.2 Å². The molecular weight excluding hydrogens is 430 g/mol. The molecule has 8 nitrogen and oxygen atoms in total. The van der Waals surface area contributed by atoms with Crippen LogP contribution in [-0.2, 0) is 10.0 Å². The Morgan fingerprint density at radius 1 is 1.12 bits per heavy atom. The van der Waals surface area contributed by atoms with E-state index >= 15 is 0 Å². The van der Waals surface area contributed by atoms with Gasteiger partial charge in [-0.2, -0.15) is 0 Å². The Morgan fingerprint density at radius 2 is 1.81 bits per heavy atom. The number of sulfonamides is 1. The number of methoxy groups -OCH3 is 2. The Balaban J connectivity index is 1.64. The Bertz CT molecular complexity index is 1290. The number of carbonyl (C=O) groups is 1. The molecule has 1 fully saturated rings. The Hall–Kier alpha value is -3.43. The minimum Gasteiger partial charge on any atom is -0.496 e. The molecule has 0 atom stereocenters. The number of hydrogen-bond donors (Lipinski definition) is 2. The van der Waals surface area contributed by atoms with Crippen LogP contribution < -0.4 is 14.6 Å². The average Bonchev–Trinajstić information content (AvgIpc) is 3.53. The lowest BCUT2D eigenvalue weighted by molar-refractivity contribution is 0.104. The number of imidazole rings is 1. The fourth-order valence-electron chi connectivity index (χ4n) is 3.37. The zero-order valence-corrected chi connectivity index (χ0v) is 18.5. The number of aromatic amines is 1. The summed E-state index contributed by atoms with van der Waals surface area (Å²) in [4.78, 5) is 20.4. The van der Waals surface area contributed by atoms with Gasteiger partial charge in [0.1, 0.15) is 17.3 Å². The first-order valence-electron chi connectivity index (χ1n) is 9.96. The molecule has 0 aliphatic heterocycles. The van der Waals surface area contributed by atoms with Gasteiger partial charge in [-0.25, -0.2) is 18.5 Å². The summed E-state index contributed by atoms with van der Waals surface area (Å²) in [6, 6.07) is 9.09. The molecule has 1 aromatic heterocycles. The van der Waals surface area contributed by atoms with Gasteiger partial charge in [0.2, 0.25) is 10.0 Å². The smallest absolute Gasteiger partial charge is 0.238 e. The number of carbonyl (C=O) groups excluding carboxylic acids is 1. The zero-order valence-electron chi connectivity index (χ0n) is 17.7. The van der Waals surface area contributed by atoms with Gasteiger partial charge in [0.15, 0.2) is 5.78 Å². The maximum Gasteiger partial charge on any atom is 0.238 e. The first-order chi connectivity index (χ1) is 15.3. The van der Waals surface area contributed by atoms with Crippen molar-refractivity contribution in [1.29, 1.82) is 0 Å². The van der Waals surface area contributed by atoms with Crippen LogP contribution in [0, 0.1) is 0 Å². The summed E-state index contributed by atoms with van der Waals surface area (Å²) >= 11 is 0. The van der Waals surface area contributed by atoms with Crippen molar-refractivity contribution in [3.05, 3.63) is 65.6 Å². The molecule has 1 aliphatic carbocycles. The normalized spacial score (nSPS) is 14.0. The molecule has 0 amide bonds. The van der Waals surface area contributed by atoms with E-state index in [4.69, 9.17) is 14.6 Å². The first kappa shape index (κ1) is 21.8. The summed E-state index contributed by atoms with van der Waals surface area (Å²) in [6.07, 6.45) is 7.12. The number of aromatic nitrogens is 2. The number of H-pyrrole nitrogens is 1. The van der Waals surface area contributed by atoms with Crippen LogP contribution in [-0.4, -0.2) is 38.4 Å². The topological polar surface area (TPSA) is 124 Å². The predicted molar refractivity (Wildman–Crippen MR) is 120 cm³/mol. The molecule has 4 rings (SSSR count). The van der Waals surface area contributed by atoms with Crippen LogP contribution in [0.25, 0.3) is 17.3 Å². The summed E-state index contributed by atoms with van der Waals surface area (Å²) in [6.45, 7) is 0. The molecule has 3 N–H and O–H groups in total. The lowest BCUT2D eigenvalue weighted by atomic mass is 10.0. The van der Waals surface area contributed by atoms with E-state index in [2.05, 4.69) is 9.97 Å². The van der Waals surface area contributed by atoms with Crippen LogP contribution >= 0.6 is 0 Å². The van der Waals surface area contributed by atoms with E-state index in [-0.39, 0.29) is 10.7 Å². The molecule has 0 spiro atoms. The SMILES string of the molecule is COc1cc(OC)c(-c2cnc(C3CC3)[nH]2)cc1/C=C/C(=O)c1ccc(S(N)(=O)=O)cc1. The molecule has 32 heavy (non-hydrogen) atoms. The van der Waals surface area contributed by atoms with Crippen LogP contribution in [0.1, 0.15) is 40.5 Å². The van der Waals surface area contributed by atoms with E-state index in [0.29, 0.717) is 28.5 Å². The van der Waals surface area contributed by atoms with Crippen molar-refractivity contribution in [3.63, 3.8) is 0 Å². The average molecular weight is 454 g/mol. The fraction of sp³-hybridized carbons (Fsp3) is 0.217. The van der Waals surface area contributed by atoms with E-state index in [1.165, 1.54) is 30.3 Å². The van der Waals surface area contributed by atoms with Gasteiger partial charge >= 0.3 is 0 Å². The van der Waals surface area contributed by atoms with E-state index < -0.39 is 10.0 Å². The highest BCUT2D eigenvalue weighted by atomic mass is 32.2. The number of rotatable bonds is 8. The molecule has 1 heterocycles. The zero-order chi connectivity index (χ0) is 22.9. The van der Waals surface area contributed by atoms with Crippen molar-refractivity contribution < 1.29 is 22.7 Å². The predicted octanol–water partition coefficient (Wildman–Crippen LogP) is 3.51. The summed E-state index contributed by atoms with van der Waals surface area (Å²) in [5.41, 5.74) is 2.65. The van der Waals surface area contributed by atoms with Gasteiger partial charge in [0.05, 0.1) is 31.0 Å². The highest BCUT2D eigenvalue weighted by molar-refractivity contribution is 7.89. The van der Waals surface area contributed by atoms with Gasteiger partial charge in [0.25, 0.3) is 0 Å². The van der Waals surface area contributed by atoms with E-state index in [1.54, 1.807) is 32.6 Å². The van der Waals surface area contributed by atoms with Gasteiger partial charge < -0.3 is 14.5 Å². The number of allylic oxidation sites excluding steroid dienone is 1. The number of nitrogens with one attached hydrogen (secondary N) is 1. The van der Waals surface area contributed by atoms with Crippen molar-refractivity contribution >= 4 is 21.9 Å². The van der Waals surface area contributed by atoms with Crippen LogP contribution in [0.3, 0.4) is 0 Å². The maximum atomic E-state index is 12.6. The molecule has 0 radical (unpaired) electrons. The van der Waals surface area contributed by atoms with E-state index in [0.717, 1.165) is 29.9 Å². The molecule has 166 valence electrons. The number of nitrogens with zero attached hydrogens (tertiary/aromatic N) is 1. The number of hydrogen-bond acceptors (Lipinski definition) is 6. The fourth-order valence-corrected chi connectivity index (χ4v) is 3.89. The molecule has 1 saturated carbocycles. The molecule has 3 aromatic rings. The monoisotopic (exact) mass is 453 g/mol. The number of ether oxygens (including phenoxy) is 2. The van der Waals surface area contributed by atoms with Crippen molar-refractivity contribution in [3.8, 4) is 22.8 Å². The minimum atomic E-state index is -3.81. The molecule has 0 saturated heterocycles. The summed E-state index contributed by atoms with van der Waals surface area (Å²) in [5, 5.41) is 5.10. The Labute approximate surface area is 186 Å². The molecular formula is C23H23N3O5S. The largest absolute Gasteiger partial charge is 0.496 e. The second-order valence-electron chi connectivity index (χ2n) is 7.52. The van der Waals surface area contributed by atoms with Crippen LogP contribution in [0.15, 0.2) is 53.6 Å². The summed E-state index contributed by atoms with van der Waals surface area (Å²) < 4.78 is 33.8. The van der Waals surface area contributed by atoms with Gasteiger partial charge in [0, 0.05) is 28.7 Å². The number of nitrogens with two attached hydrogens (primary N) is 1. The quantitative estimate of drug-likeness (QED) is 0.397. The third-order valence-electron chi connectivity index (χ3n) is 5.28. The standard InChI is InChI=1S/C23H23N3O5S/c1-30-21-12-22(31-2)18(19-13-25-23(26-19)15-3-4-15)11-16(21)7-10-20(27)14-5-8-17(9-6-14)32(24,28)29/h5-13,15H,3-4H2,1-2H3,(H,25,26)(H2,24,28,29)/b10-7+. The molecule has 2 aromatic carbocycles. The molecule has 9 heteroatoms. The third-order valence-corrected chi connectivity index (χ3v) is 6.21. The maximum absolute atomic E-state index is 12.6. The number of benzene rings is 2. The van der Waals surface area contributed by atoms with Crippen molar-refractivity contribution in [1.82, 2.24) is 9.97 Å². The third kappa shape index (κ3) is 4.58. The van der Waals surface area contributed by atoms with E-state index in [1.807, 2.05) is 6.07 Å². The highest BCUT2D eigenvalue weighted by Gasteiger charge is 2.27. The van der Waals surface area contributed by atoms with Crippen LogP contribution in [0.5, 0.6) is 11.5 Å². The van der Waals surface area contributed by atoms with Gasteiger partial charge in [-0.15, -0.1) is 0 Å². The van der Waals surface area contributed by atoms with Gasteiger partial charge in [-0.05, 0) is 55.3 Å². The lowest BCUT2D eigenvalue weighted by Gasteiger charge is -2.12. The summed E-state index contributed by atoms with van der Waals surface area (Å²) in [5.74, 6) is 2.33. The van der Waals surface area contributed by atoms with Gasteiger partial charge in [-0.3, -0.25) is 4.79 Å². The molecule has 0 unspecified atom stereocenters. The van der Waals surface area contributed by atoms with Crippen LogP contribution in [0.2, 0.25) is 0 Å². The number of primary sulfonamides is 1. The first-order valence-corrected chi connectivity index (χ1v) is 11.5. The van der Waals surface area contributed by atoms with Gasteiger partial charge in [-0.1, -0.05) is 0 Å². The van der Waals surface area contributed by atoms with Crippen LogP contribution in [0.4, 0.5) is 0 Å². The van der Waals surface area contributed by atoms with Crippen molar-refractivity contribution in [2.24, 2.45) is 5.14 Å². The number of ketones is 1. The minimum absolute atomic E-state index is 0.0513. The Morgan fingerprint density at radius 3 is 2.41 bits per heavy atom. The highest BCUT2D eigenvalue weighted by Crippen LogP contribution is 2.41. The molecule has 1 aliphatic rings. The lowest BCUT2D eigenvalue weighted by Crippen LogP contribution is -2.12. The second-order valence-corrected chi connectivity index (χ2v) is 9.08. The molecule has 0 bridgehead atoms. The Kier molecular flexibility index (Phi) is 5.86. The van der Waals surface area contributed by atoms with E-state index in [9.17, 15) is 13.2 Å². The second kappa shape index (κ2) is 8.60. The van der Waals surface area contributed by atoms with Crippen molar-refractivity contribution in [2.45, 2.75) is 23.7 Å². The summed E-state index contributed by atoms with van der Waals surface area (Å²) in [7, 11) is -0.686.